The van der Waals surface area contributed by atoms with Crippen LogP contribution in [0.25, 0.3) is 0 Å². The lowest BCUT2D eigenvalue weighted by atomic mass is 10.1. The summed E-state index contributed by atoms with van der Waals surface area (Å²) in [4.78, 5) is 14.5. The Morgan fingerprint density at radius 2 is 2.04 bits per heavy atom. The van der Waals surface area contributed by atoms with Crippen molar-refractivity contribution in [2.45, 2.75) is 50.7 Å². The molecule has 1 aromatic heterocycles. The van der Waals surface area contributed by atoms with E-state index in [2.05, 4.69) is 39.8 Å². The third-order valence-corrected chi connectivity index (χ3v) is 4.80. The second-order valence-corrected chi connectivity index (χ2v) is 6.52. The number of amides is 1. The number of piperidine rings is 1. The summed E-state index contributed by atoms with van der Waals surface area (Å²) in [6.07, 6.45) is 6.40. The third-order valence-electron chi connectivity index (χ3n) is 4.80. The molecule has 2 N–H and O–H groups in total. The van der Waals surface area contributed by atoms with Gasteiger partial charge in [-0.2, -0.15) is 0 Å². The highest BCUT2D eigenvalue weighted by molar-refractivity contribution is 5.91. The molecular weight excluding hydrogens is 351 g/mol. The van der Waals surface area contributed by atoms with Crippen LogP contribution in [0, 0.1) is 0 Å². The van der Waals surface area contributed by atoms with Crippen LogP contribution in [-0.4, -0.2) is 64.6 Å². The van der Waals surface area contributed by atoms with Crippen LogP contribution in [-0.2, 0) is 0 Å². The van der Waals surface area contributed by atoms with Gasteiger partial charge in [0.05, 0.1) is 12.2 Å². The number of hydrogen-bond acceptors (Lipinski definition) is 5. The molecule has 1 amide bonds. The summed E-state index contributed by atoms with van der Waals surface area (Å²) in [5.41, 5.74) is 0.416. The predicted molar refractivity (Wildman–Crippen MR) is 98.2 cm³/mol. The number of rotatable bonds is 6. The van der Waals surface area contributed by atoms with Crippen molar-refractivity contribution in [2.24, 2.45) is 0 Å². The molecule has 1 unspecified atom stereocenters. The summed E-state index contributed by atoms with van der Waals surface area (Å²) in [5, 5.41) is 14.5. The molecule has 0 aromatic carbocycles. The molecule has 2 aliphatic rings. The average Bonchev–Trinajstić information content (AvgIpc) is 3.28. The second-order valence-electron chi connectivity index (χ2n) is 6.52. The minimum absolute atomic E-state index is 0. The van der Waals surface area contributed by atoms with E-state index in [0.717, 1.165) is 25.9 Å². The fourth-order valence-electron chi connectivity index (χ4n) is 2.95. The number of nitrogens with zero attached hydrogens (tertiary/aromatic N) is 4. The van der Waals surface area contributed by atoms with Crippen LogP contribution in [0.2, 0.25) is 0 Å². The van der Waals surface area contributed by atoms with Gasteiger partial charge in [0.25, 0.3) is 5.91 Å². The Hall–Kier alpha value is -0.890. The fraction of sp³-hybridized carbons (Fsp3) is 0.800. The van der Waals surface area contributed by atoms with Gasteiger partial charge in [0.15, 0.2) is 5.69 Å². The van der Waals surface area contributed by atoms with Crippen molar-refractivity contribution in [3.63, 3.8) is 0 Å². The first kappa shape index (κ1) is 21.2. The van der Waals surface area contributed by atoms with Gasteiger partial charge in [-0.25, -0.2) is 4.68 Å². The second kappa shape index (κ2) is 9.56. The van der Waals surface area contributed by atoms with Crippen LogP contribution >= 0.6 is 24.8 Å². The molecule has 138 valence electrons. The summed E-state index contributed by atoms with van der Waals surface area (Å²) >= 11 is 0. The molecule has 2 fully saturated rings. The number of aromatic nitrogens is 3. The summed E-state index contributed by atoms with van der Waals surface area (Å²) in [6, 6.07) is 1.40. The molecule has 1 atom stereocenters. The van der Waals surface area contributed by atoms with Gasteiger partial charge in [-0.15, -0.1) is 29.9 Å². The predicted octanol–water partition coefficient (Wildman–Crippen LogP) is 1.26. The van der Waals surface area contributed by atoms with E-state index in [1.807, 2.05) is 4.68 Å². The minimum atomic E-state index is -0.128. The van der Waals surface area contributed by atoms with E-state index in [0.29, 0.717) is 30.4 Å². The zero-order chi connectivity index (χ0) is 15.5. The molecule has 1 aromatic rings. The Morgan fingerprint density at radius 1 is 1.38 bits per heavy atom. The molecule has 7 nitrogen and oxygen atoms in total. The van der Waals surface area contributed by atoms with Crippen molar-refractivity contribution in [3.05, 3.63) is 11.9 Å². The van der Waals surface area contributed by atoms with Crippen molar-refractivity contribution in [3.8, 4) is 0 Å². The Kier molecular flexibility index (Phi) is 8.42. The van der Waals surface area contributed by atoms with E-state index in [-0.39, 0.29) is 30.7 Å². The number of carbonyl (C=O) groups excluding carboxylic acids is 1. The van der Waals surface area contributed by atoms with Gasteiger partial charge >= 0.3 is 0 Å². The lowest BCUT2D eigenvalue weighted by Gasteiger charge is -2.24. The van der Waals surface area contributed by atoms with E-state index >= 15 is 0 Å². The summed E-state index contributed by atoms with van der Waals surface area (Å²) < 4.78 is 1.84. The molecule has 1 saturated carbocycles. The monoisotopic (exact) mass is 378 g/mol. The van der Waals surface area contributed by atoms with Gasteiger partial charge in [0.2, 0.25) is 0 Å². The topological polar surface area (TPSA) is 75.1 Å². The van der Waals surface area contributed by atoms with Gasteiger partial charge in [-0.05, 0) is 52.7 Å². The first-order valence-corrected chi connectivity index (χ1v) is 8.28. The molecule has 1 aliphatic carbocycles. The number of hydrogen-bond donors (Lipinski definition) is 2. The standard InChI is InChI=1S/C15H26N6O.2ClH/c1-11(20(2)12-3-4-12)9-17-15(22)14-10-21(19-18-14)13-5-7-16-8-6-13;;/h10-13,16H,3-9H2,1-2H3,(H,17,22);2*1H. The van der Waals surface area contributed by atoms with Gasteiger partial charge in [0.1, 0.15) is 0 Å². The average molecular weight is 379 g/mol. The quantitative estimate of drug-likeness (QED) is 0.779. The zero-order valence-corrected chi connectivity index (χ0v) is 15.9. The number of halogens is 2. The lowest BCUT2D eigenvalue weighted by molar-refractivity contribution is 0.0934. The molecule has 1 aliphatic heterocycles. The van der Waals surface area contributed by atoms with Crippen molar-refractivity contribution in [1.29, 1.82) is 0 Å². The lowest BCUT2D eigenvalue weighted by Crippen LogP contribution is -2.41. The maximum Gasteiger partial charge on any atom is 0.273 e. The van der Waals surface area contributed by atoms with Gasteiger partial charge in [-0.1, -0.05) is 5.21 Å². The molecular formula is C15H28Cl2N6O. The molecule has 1 saturated heterocycles. The number of carbonyl (C=O) groups is 1. The van der Waals surface area contributed by atoms with E-state index < -0.39 is 0 Å². The van der Waals surface area contributed by atoms with E-state index in [1.54, 1.807) is 6.20 Å². The minimum Gasteiger partial charge on any atom is -0.349 e. The summed E-state index contributed by atoms with van der Waals surface area (Å²) in [5.74, 6) is -0.128. The van der Waals surface area contributed by atoms with Crippen LogP contribution in [0.15, 0.2) is 6.20 Å². The van der Waals surface area contributed by atoms with Crippen molar-refractivity contribution in [1.82, 2.24) is 30.5 Å². The van der Waals surface area contributed by atoms with Crippen LogP contribution in [0.3, 0.4) is 0 Å². The molecule has 24 heavy (non-hydrogen) atoms. The Bertz CT molecular complexity index is 516. The highest BCUT2D eigenvalue weighted by Crippen LogP contribution is 2.26. The van der Waals surface area contributed by atoms with Gasteiger partial charge in [-0.3, -0.25) is 9.69 Å². The Morgan fingerprint density at radius 3 is 2.67 bits per heavy atom. The van der Waals surface area contributed by atoms with Crippen LogP contribution in [0.4, 0.5) is 0 Å². The molecule has 0 radical (unpaired) electrons. The number of nitrogens with one attached hydrogen (secondary N) is 2. The van der Waals surface area contributed by atoms with E-state index in [9.17, 15) is 4.79 Å². The first-order chi connectivity index (χ1) is 10.6. The van der Waals surface area contributed by atoms with Crippen molar-refractivity contribution in [2.75, 3.05) is 26.7 Å². The zero-order valence-electron chi connectivity index (χ0n) is 14.3. The maximum absolute atomic E-state index is 12.2. The Labute approximate surface area is 155 Å². The largest absolute Gasteiger partial charge is 0.349 e. The van der Waals surface area contributed by atoms with Crippen LogP contribution in [0.1, 0.15) is 49.1 Å². The normalized spacial score (nSPS) is 19.3. The van der Waals surface area contributed by atoms with E-state index in [1.165, 1.54) is 12.8 Å². The summed E-state index contributed by atoms with van der Waals surface area (Å²) in [7, 11) is 2.13. The highest BCUT2D eigenvalue weighted by Gasteiger charge is 2.29. The van der Waals surface area contributed by atoms with Crippen molar-refractivity contribution >= 4 is 30.7 Å². The fourth-order valence-corrected chi connectivity index (χ4v) is 2.95. The smallest absolute Gasteiger partial charge is 0.273 e. The highest BCUT2D eigenvalue weighted by atomic mass is 35.5. The molecule has 2 heterocycles. The van der Waals surface area contributed by atoms with Gasteiger partial charge < -0.3 is 10.6 Å². The molecule has 0 bridgehead atoms. The van der Waals surface area contributed by atoms with Crippen LogP contribution in [0.5, 0.6) is 0 Å². The van der Waals surface area contributed by atoms with Gasteiger partial charge in [0, 0.05) is 18.6 Å². The number of likely N-dealkylation sites (N-methyl/N-ethyl adjacent to an activating group) is 1. The van der Waals surface area contributed by atoms with E-state index in [4.69, 9.17) is 0 Å². The maximum atomic E-state index is 12.2. The third kappa shape index (κ3) is 5.31. The molecule has 0 spiro atoms. The SMILES string of the molecule is CC(CNC(=O)c1cn(C2CCNCC2)nn1)N(C)C1CC1.Cl.Cl. The molecule has 9 heteroatoms. The first-order valence-electron chi connectivity index (χ1n) is 8.28. The Balaban J connectivity index is 0.00000144. The van der Waals surface area contributed by atoms with Crippen LogP contribution < -0.4 is 10.6 Å². The van der Waals surface area contributed by atoms with Crippen molar-refractivity contribution < 1.29 is 4.79 Å². The summed E-state index contributed by atoms with van der Waals surface area (Å²) in [6.45, 7) is 4.78. The molecule has 3 rings (SSSR count).